The minimum atomic E-state index is -0.692. The van der Waals surface area contributed by atoms with Crippen molar-refractivity contribution in [2.45, 2.75) is 5.41 Å². The van der Waals surface area contributed by atoms with Gasteiger partial charge in [0.2, 0.25) is 0 Å². The van der Waals surface area contributed by atoms with Crippen molar-refractivity contribution in [3.8, 4) is 85.1 Å². The number of para-hydroxylation sites is 2. The van der Waals surface area contributed by atoms with Gasteiger partial charge in [-0.15, -0.1) is 0 Å². The van der Waals surface area contributed by atoms with Crippen LogP contribution in [-0.4, -0.2) is 15.0 Å². The first-order valence-corrected chi connectivity index (χ1v) is 19.3. The summed E-state index contributed by atoms with van der Waals surface area (Å²) in [6.45, 7) is 0. The summed E-state index contributed by atoms with van der Waals surface area (Å²) in [5, 5.41) is 9.33. The van der Waals surface area contributed by atoms with Crippen LogP contribution >= 0.6 is 0 Å². The van der Waals surface area contributed by atoms with Crippen LogP contribution in [0.1, 0.15) is 27.8 Å². The van der Waals surface area contributed by atoms with Gasteiger partial charge in [0.1, 0.15) is 11.5 Å². The van der Waals surface area contributed by atoms with Crippen molar-refractivity contribution in [2.24, 2.45) is 0 Å². The summed E-state index contributed by atoms with van der Waals surface area (Å²) in [5.74, 6) is 3.22. The van der Waals surface area contributed by atoms with E-state index in [1.165, 1.54) is 22.3 Å². The number of hydrogen-bond donors (Lipinski definition) is 0. The Hall–Kier alpha value is -7.94. The highest BCUT2D eigenvalue weighted by Crippen LogP contribution is 2.64. The number of benzene rings is 8. The van der Waals surface area contributed by atoms with Crippen LogP contribution in [0.5, 0.6) is 11.5 Å². The SMILES string of the molecule is N#Cc1ccc(-c2ccc(-c3cccc4c3Oc3c(-c5nc(-c6ccccc6)nc(-c6ccccc6)n5)cccc3C43c4ccccc4-c4ccccc43)cc2)cc1. The summed E-state index contributed by atoms with van der Waals surface area (Å²) in [5.41, 5.74) is 13.6. The Morgan fingerprint density at radius 2 is 0.759 bits per heavy atom. The van der Waals surface area contributed by atoms with Crippen LogP contribution in [0.15, 0.2) is 194 Å². The highest BCUT2D eigenvalue weighted by atomic mass is 16.5. The first kappa shape index (κ1) is 33.4. The fourth-order valence-corrected chi connectivity index (χ4v) is 8.86. The molecular formula is C53H32N4O. The predicted molar refractivity (Wildman–Crippen MR) is 229 cm³/mol. The minimum Gasteiger partial charge on any atom is -0.455 e. The van der Waals surface area contributed by atoms with Gasteiger partial charge in [-0.05, 0) is 57.1 Å². The fraction of sp³-hybridized carbons (Fsp3) is 0.0189. The van der Waals surface area contributed by atoms with Crippen molar-refractivity contribution in [3.05, 3.63) is 222 Å². The maximum Gasteiger partial charge on any atom is 0.167 e. The zero-order chi connectivity index (χ0) is 38.6. The molecule has 5 nitrogen and oxygen atoms in total. The highest BCUT2D eigenvalue weighted by molar-refractivity contribution is 5.92. The van der Waals surface area contributed by atoms with Gasteiger partial charge in [0, 0.05) is 27.8 Å². The van der Waals surface area contributed by atoms with Crippen molar-refractivity contribution >= 4 is 0 Å². The lowest BCUT2D eigenvalue weighted by Crippen LogP contribution is -2.32. The molecule has 0 amide bonds. The first-order valence-electron chi connectivity index (χ1n) is 19.3. The number of rotatable bonds is 5. The van der Waals surface area contributed by atoms with E-state index in [0.717, 1.165) is 55.8 Å². The Kier molecular flexibility index (Phi) is 7.70. The molecule has 11 rings (SSSR count). The Morgan fingerprint density at radius 1 is 0.345 bits per heavy atom. The lowest BCUT2D eigenvalue weighted by Gasteiger charge is -2.40. The summed E-state index contributed by atoms with van der Waals surface area (Å²) in [4.78, 5) is 15.3. The van der Waals surface area contributed by atoms with Gasteiger partial charge >= 0.3 is 0 Å². The Balaban J connectivity index is 1.17. The third-order valence-corrected chi connectivity index (χ3v) is 11.5. The Morgan fingerprint density at radius 3 is 1.31 bits per heavy atom. The molecule has 2 aliphatic rings. The second-order valence-electron chi connectivity index (χ2n) is 14.6. The van der Waals surface area contributed by atoms with Crippen molar-refractivity contribution in [3.63, 3.8) is 0 Å². The summed E-state index contributed by atoms with van der Waals surface area (Å²) in [6.07, 6.45) is 0. The molecule has 1 aliphatic carbocycles. The van der Waals surface area contributed by atoms with Crippen LogP contribution in [0.4, 0.5) is 0 Å². The summed E-state index contributed by atoms with van der Waals surface area (Å²) in [7, 11) is 0. The van der Waals surface area contributed by atoms with E-state index in [0.29, 0.717) is 28.8 Å². The largest absolute Gasteiger partial charge is 0.455 e. The van der Waals surface area contributed by atoms with Crippen LogP contribution < -0.4 is 4.74 Å². The summed E-state index contributed by atoms with van der Waals surface area (Å²) in [6, 6.07) is 69.0. The molecule has 0 N–H and O–H groups in total. The van der Waals surface area contributed by atoms with E-state index in [9.17, 15) is 5.26 Å². The standard InChI is InChI=1S/C53H32N4O/c54-33-34-25-27-35(28-26-34)36-29-31-37(32-30-36)40-19-11-23-46-48(40)58-49-43(52-56-50(38-13-3-1-4-14-38)55-51(57-52)39-15-5-2-6-16-39)20-12-24-47(49)53(46)44-21-9-7-17-41(44)42-18-8-10-22-45(42)53/h1-32H. The van der Waals surface area contributed by atoms with E-state index < -0.39 is 5.41 Å². The molecule has 0 fully saturated rings. The zero-order valence-electron chi connectivity index (χ0n) is 31.2. The van der Waals surface area contributed by atoms with E-state index in [1.54, 1.807) is 0 Å². The predicted octanol–water partition coefficient (Wildman–Crippen LogP) is 12.5. The van der Waals surface area contributed by atoms with Gasteiger partial charge < -0.3 is 4.74 Å². The number of fused-ring (bicyclic) bond motifs is 9. The quantitative estimate of drug-likeness (QED) is 0.176. The minimum absolute atomic E-state index is 0.534. The molecule has 8 aromatic carbocycles. The van der Waals surface area contributed by atoms with E-state index in [4.69, 9.17) is 19.7 Å². The van der Waals surface area contributed by atoms with E-state index in [1.807, 2.05) is 84.9 Å². The van der Waals surface area contributed by atoms with Gasteiger partial charge in [-0.25, -0.2) is 15.0 Å². The van der Waals surface area contributed by atoms with Crippen LogP contribution in [0.3, 0.4) is 0 Å². The molecule has 270 valence electrons. The highest BCUT2D eigenvalue weighted by Gasteiger charge is 2.52. The fourth-order valence-electron chi connectivity index (χ4n) is 8.86. The molecule has 5 heteroatoms. The molecule has 1 aromatic heterocycles. The molecule has 0 atom stereocenters. The van der Waals surface area contributed by atoms with Gasteiger partial charge in [-0.2, -0.15) is 5.26 Å². The number of ether oxygens (including phenoxy) is 1. The smallest absolute Gasteiger partial charge is 0.167 e. The molecule has 2 heterocycles. The molecule has 1 aliphatic heterocycles. The van der Waals surface area contributed by atoms with Crippen molar-refractivity contribution < 1.29 is 4.74 Å². The topological polar surface area (TPSA) is 71.7 Å². The molecule has 9 aromatic rings. The van der Waals surface area contributed by atoms with E-state index in [-0.39, 0.29) is 0 Å². The number of hydrogen-bond acceptors (Lipinski definition) is 5. The van der Waals surface area contributed by atoms with Gasteiger partial charge in [0.05, 0.1) is 22.6 Å². The van der Waals surface area contributed by atoms with Crippen LogP contribution in [0, 0.1) is 11.3 Å². The van der Waals surface area contributed by atoms with Crippen LogP contribution in [0.2, 0.25) is 0 Å². The number of nitriles is 1. The molecule has 0 unspecified atom stereocenters. The van der Waals surface area contributed by atoms with E-state index >= 15 is 0 Å². The van der Waals surface area contributed by atoms with Crippen LogP contribution in [-0.2, 0) is 5.41 Å². The first-order chi connectivity index (χ1) is 28.7. The van der Waals surface area contributed by atoms with Crippen molar-refractivity contribution in [1.29, 1.82) is 5.26 Å². The molecule has 58 heavy (non-hydrogen) atoms. The van der Waals surface area contributed by atoms with Crippen LogP contribution in [0.25, 0.3) is 67.5 Å². The summed E-state index contributed by atoms with van der Waals surface area (Å²) >= 11 is 0. The van der Waals surface area contributed by atoms with Gasteiger partial charge in [-0.1, -0.05) is 176 Å². The maximum absolute atomic E-state index is 9.33. The number of nitrogens with zero attached hydrogens (tertiary/aromatic N) is 4. The normalized spacial score (nSPS) is 12.7. The zero-order valence-corrected chi connectivity index (χ0v) is 31.2. The lowest BCUT2D eigenvalue weighted by atomic mass is 9.65. The average molecular weight is 741 g/mol. The molecule has 1 spiro atoms. The monoisotopic (exact) mass is 740 g/mol. The van der Waals surface area contributed by atoms with Crippen molar-refractivity contribution in [2.75, 3.05) is 0 Å². The molecule has 0 saturated heterocycles. The van der Waals surface area contributed by atoms with Gasteiger partial charge in [0.15, 0.2) is 17.5 Å². The lowest BCUT2D eigenvalue weighted by molar-refractivity contribution is 0.439. The van der Waals surface area contributed by atoms with Gasteiger partial charge in [-0.3, -0.25) is 0 Å². The van der Waals surface area contributed by atoms with Crippen molar-refractivity contribution in [1.82, 2.24) is 15.0 Å². The third-order valence-electron chi connectivity index (χ3n) is 11.5. The molecule has 0 bridgehead atoms. The van der Waals surface area contributed by atoms with Gasteiger partial charge in [0.25, 0.3) is 0 Å². The second-order valence-corrected chi connectivity index (χ2v) is 14.6. The average Bonchev–Trinajstić information content (AvgIpc) is 3.60. The summed E-state index contributed by atoms with van der Waals surface area (Å²) < 4.78 is 7.37. The maximum atomic E-state index is 9.33. The second kappa shape index (κ2) is 13.4. The number of aromatic nitrogens is 3. The Labute approximate surface area is 336 Å². The molecule has 0 saturated carbocycles. The third kappa shape index (κ3) is 5.13. The molecular weight excluding hydrogens is 709 g/mol. The molecule has 0 radical (unpaired) electrons. The van der Waals surface area contributed by atoms with E-state index in [2.05, 4.69) is 115 Å². The Bertz CT molecular complexity index is 2980.